The Bertz CT molecular complexity index is 1130. The number of hydrogen-bond acceptors (Lipinski definition) is 6. The van der Waals surface area contributed by atoms with Gasteiger partial charge in [0.25, 0.3) is 0 Å². The first-order valence-corrected chi connectivity index (χ1v) is 14.6. The molecule has 0 unspecified atom stereocenters. The van der Waals surface area contributed by atoms with Crippen molar-refractivity contribution in [2.75, 3.05) is 55.0 Å². The first-order chi connectivity index (χ1) is 17.1. The number of sulfone groups is 1. The summed E-state index contributed by atoms with van der Waals surface area (Å²) in [6.45, 7) is 3.63. The van der Waals surface area contributed by atoms with E-state index < -0.39 is 15.9 Å². The summed E-state index contributed by atoms with van der Waals surface area (Å²) in [6, 6.07) is 14.0. The highest BCUT2D eigenvalue weighted by Crippen LogP contribution is 2.50. The van der Waals surface area contributed by atoms with Gasteiger partial charge in [0.2, 0.25) is 0 Å². The van der Waals surface area contributed by atoms with Gasteiger partial charge in [0, 0.05) is 25.2 Å². The number of aromatic nitrogens is 1. The Hall–Kier alpha value is -2.65. The minimum absolute atomic E-state index is 0.0113. The minimum Gasteiger partial charge on any atom is -0.355 e. The topological polar surface area (TPSA) is 99.8 Å². The van der Waals surface area contributed by atoms with E-state index in [2.05, 4.69) is 61.2 Å². The molecule has 196 valence electrons. The average molecular weight is 514 g/mol. The van der Waals surface area contributed by atoms with Gasteiger partial charge in [-0.1, -0.05) is 37.3 Å². The summed E-state index contributed by atoms with van der Waals surface area (Å²) in [5, 5.41) is 0. The second-order valence-corrected chi connectivity index (χ2v) is 12.9. The highest BCUT2D eigenvalue weighted by molar-refractivity contribution is 7.91. The molecule has 2 aromatic rings. The number of pyridine rings is 1. The van der Waals surface area contributed by atoms with Gasteiger partial charge in [-0.15, -0.1) is 0 Å². The first kappa shape index (κ1) is 26.4. The van der Waals surface area contributed by atoms with Crippen LogP contribution >= 0.6 is 0 Å². The van der Waals surface area contributed by atoms with Crippen molar-refractivity contribution in [3.8, 4) is 0 Å². The largest absolute Gasteiger partial charge is 0.355 e. The number of carbonyl (C=O) groups excluding carboxylic acids is 1. The van der Waals surface area contributed by atoms with E-state index in [0.717, 1.165) is 37.9 Å². The number of urea groups is 1. The van der Waals surface area contributed by atoms with Crippen LogP contribution in [0.25, 0.3) is 0 Å². The molecule has 2 amide bonds. The second kappa shape index (κ2) is 10.4. The van der Waals surface area contributed by atoms with E-state index in [1.807, 2.05) is 17.0 Å². The Morgan fingerprint density at radius 1 is 1.03 bits per heavy atom. The van der Waals surface area contributed by atoms with E-state index in [9.17, 15) is 13.2 Å². The van der Waals surface area contributed by atoms with E-state index in [1.165, 1.54) is 5.56 Å². The smallest absolute Gasteiger partial charge is 0.319 e. The molecule has 2 heterocycles. The fourth-order valence-corrected chi connectivity index (χ4v) is 7.06. The van der Waals surface area contributed by atoms with Crippen LogP contribution in [-0.2, 0) is 15.4 Å². The molecule has 2 aliphatic rings. The number of primary amides is 1. The monoisotopic (exact) mass is 513 g/mol. The van der Waals surface area contributed by atoms with Crippen molar-refractivity contribution in [1.82, 2.24) is 9.88 Å². The Morgan fingerprint density at radius 3 is 2.17 bits per heavy atom. The third-order valence-electron chi connectivity index (χ3n) is 8.53. The number of nitrogens with zero attached hydrogens (tertiary/aromatic N) is 4. The van der Waals surface area contributed by atoms with Crippen molar-refractivity contribution in [3.05, 3.63) is 54.2 Å². The van der Waals surface area contributed by atoms with Crippen LogP contribution in [-0.4, -0.2) is 69.6 Å². The number of anilines is 2. The number of carbonyl (C=O) groups is 1. The molecule has 1 saturated carbocycles. The molecule has 1 saturated heterocycles. The normalized spacial score (nSPS) is 26.1. The van der Waals surface area contributed by atoms with Gasteiger partial charge in [0.1, 0.15) is 5.82 Å². The lowest BCUT2D eigenvalue weighted by molar-refractivity contribution is 0.0361. The van der Waals surface area contributed by atoms with Crippen LogP contribution in [0, 0.1) is 5.41 Å². The summed E-state index contributed by atoms with van der Waals surface area (Å²) in [5.74, 6) is 1.00. The summed E-state index contributed by atoms with van der Waals surface area (Å²) in [4.78, 5) is 23.1. The quantitative estimate of drug-likeness (QED) is 0.607. The minimum atomic E-state index is -2.96. The number of nitrogens with two attached hydrogens (primary N) is 1. The Labute approximate surface area is 215 Å². The molecule has 1 aliphatic heterocycles. The van der Waals surface area contributed by atoms with E-state index in [1.54, 1.807) is 11.1 Å². The predicted octanol–water partition coefficient (Wildman–Crippen LogP) is 3.63. The van der Waals surface area contributed by atoms with Crippen LogP contribution < -0.4 is 15.5 Å². The maximum Gasteiger partial charge on any atom is 0.319 e. The SMILES string of the molecule is CCC1(CN(C(N)=O)c2ccc(N3CCS(=O)(=O)CC3)nc2)CCC(c2ccccc2)(N(C)C)CC1. The number of amides is 2. The lowest BCUT2D eigenvalue weighted by atomic mass is 9.63. The van der Waals surface area contributed by atoms with Gasteiger partial charge in [0.05, 0.1) is 23.4 Å². The van der Waals surface area contributed by atoms with Gasteiger partial charge in [-0.05, 0) is 69.3 Å². The molecule has 0 spiro atoms. The summed E-state index contributed by atoms with van der Waals surface area (Å²) >= 11 is 0. The van der Waals surface area contributed by atoms with E-state index in [-0.39, 0.29) is 22.5 Å². The molecule has 4 rings (SSSR count). The third-order valence-corrected chi connectivity index (χ3v) is 10.1. The van der Waals surface area contributed by atoms with Gasteiger partial charge in [-0.25, -0.2) is 18.2 Å². The molecular formula is C27H39N5O3S. The molecular weight excluding hydrogens is 474 g/mol. The maximum absolute atomic E-state index is 12.6. The molecule has 8 nitrogen and oxygen atoms in total. The Balaban J connectivity index is 1.50. The van der Waals surface area contributed by atoms with Gasteiger partial charge in [-0.3, -0.25) is 9.80 Å². The van der Waals surface area contributed by atoms with Crippen LogP contribution in [0.2, 0.25) is 0 Å². The molecule has 1 aromatic heterocycles. The fourth-order valence-electron chi connectivity index (χ4n) is 5.86. The summed E-state index contributed by atoms with van der Waals surface area (Å²) in [5.41, 5.74) is 7.86. The average Bonchev–Trinajstić information content (AvgIpc) is 2.88. The molecule has 0 radical (unpaired) electrons. The van der Waals surface area contributed by atoms with E-state index >= 15 is 0 Å². The second-order valence-electron chi connectivity index (χ2n) is 10.6. The van der Waals surface area contributed by atoms with Crippen molar-refractivity contribution < 1.29 is 13.2 Å². The van der Waals surface area contributed by atoms with E-state index in [0.29, 0.717) is 25.3 Å². The van der Waals surface area contributed by atoms with Crippen molar-refractivity contribution in [2.45, 2.75) is 44.6 Å². The Kier molecular flexibility index (Phi) is 7.61. The highest BCUT2D eigenvalue weighted by Gasteiger charge is 2.45. The standard InChI is InChI=1S/C27H39N5O3S/c1-4-26(12-14-27(15-13-26,30(2)3)22-8-6-5-7-9-22)21-32(25(28)33)23-10-11-24(29-20-23)31-16-18-36(34,35)19-17-31/h5-11,20H,4,12-19,21H2,1-3H3,(H2,28,33). The summed E-state index contributed by atoms with van der Waals surface area (Å²) in [6.07, 6.45) is 6.66. The van der Waals surface area contributed by atoms with Gasteiger partial charge >= 0.3 is 6.03 Å². The van der Waals surface area contributed by atoms with Crippen molar-refractivity contribution in [2.24, 2.45) is 11.1 Å². The Morgan fingerprint density at radius 2 is 1.67 bits per heavy atom. The predicted molar refractivity (Wildman–Crippen MR) is 145 cm³/mol. The van der Waals surface area contributed by atoms with Crippen molar-refractivity contribution in [1.29, 1.82) is 0 Å². The van der Waals surface area contributed by atoms with Gasteiger partial charge < -0.3 is 10.6 Å². The molecule has 9 heteroatoms. The van der Waals surface area contributed by atoms with Crippen molar-refractivity contribution in [3.63, 3.8) is 0 Å². The van der Waals surface area contributed by atoms with Crippen LogP contribution in [0.15, 0.2) is 48.7 Å². The summed E-state index contributed by atoms with van der Waals surface area (Å²) < 4.78 is 23.5. The first-order valence-electron chi connectivity index (χ1n) is 12.8. The molecule has 1 aromatic carbocycles. The molecule has 2 N–H and O–H groups in total. The van der Waals surface area contributed by atoms with Gasteiger partial charge in [0.15, 0.2) is 9.84 Å². The highest BCUT2D eigenvalue weighted by atomic mass is 32.2. The molecule has 1 aliphatic carbocycles. The molecule has 0 atom stereocenters. The van der Waals surface area contributed by atoms with Crippen LogP contribution in [0.4, 0.5) is 16.3 Å². The zero-order valence-corrected chi connectivity index (χ0v) is 22.5. The van der Waals surface area contributed by atoms with Crippen LogP contribution in [0.3, 0.4) is 0 Å². The fraction of sp³-hybridized carbons (Fsp3) is 0.556. The lowest BCUT2D eigenvalue weighted by Crippen LogP contribution is -2.51. The maximum atomic E-state index is 12.6. The van der Waals surface area contributed by atoms with Gasteiger partial charge in [-0.2, -0.15) is 0 Å². The van der Waals surface area contributed by atoms with Crippen LogP contribution in [0.1, 0.15) is 44.6 Å². The number of rotatable bonds is 7. The van der Waals surface area contributed by atoms with E-state index in [4.69, 9.17) is 5.73 Å². The van der Waals surface area contributed by atoms with Crippen LogP contribution in [0.5, 0.6) is 0 Å². The number of benzene rings is 1. The number of hydrogen-bond donors (Lipinski definition) is 1. The lowest BCUT2D eigenvalue weighted by Gasteiger charge is -2.51. The zero-order valence-electron chi connectivity index (χ0n) is 21.7. The zero-order chi connectivity index (χ0) is 26.0. The molecule has 0 bridgehead atoms. The summed E-state index contributed by atoms with van der Waals surface area (Å²) in [7, 11) is 1.36. The molecule has 2 fully saturated rings. The van der Waals surface area contributed by atoms with Crippen molar-refractivity contribution >= 4 is 27.4 Å². The third kappa shape index (κ3) is 5.37. The molecule has 36 heavy (non-hydrogen) atoms.